The number of nitrogens with one attached hydrogen (secondary N) is 2. The summed E-state index contributed by atoms with van der Waals surface area (Å²) in [4.78, 5) is 16.7. The Morgan fingerprint density at radius 3 is 3.10 bits per heavy atom. The summed E-state index contributed by atoms with van der Waals surface area (Å²) < 4.78 is 0. The quantitative estimate of drug-likeness (QED) is 0.645. The molecular weight excluding hydrogens is 286 g/mol. The van der Waals surface area contributed by atoms with Crippen LogP contribution in [0.5, 0.6) is 0 Å². The molecule has 108 valence electrons. The third kappa shape index (κ3) is 2.59. The van der Waals surface area contributed by atoms with Gasteiger partial charge < -0.3 is 11.1 Å². The van der Waals surface area contributed by atoms with Gasteiger partial charge in [-0.25, -0.2) is 4.98 Å². The predicted octanol–water partition coefficient (Wildman–Crippen LogP) is 2.48. The number of amides is 1. The van der Waals surface area contributed by atoms with Crippen molar-refractivity contribution in [2.75, 3.05) is 5.73 Å². The van der Waals surface area contributed by atoms with Crippen molar-refractivity contribution in [3.05, 3.63) is 40.5 Å². The van der Waals surface area contributed by atoms with Gasteiger partial charge in [0.2, 0.25) is 0 Å². The maximum Gasteiger partial charge on any atom is 0.272 e. The number of fused-ring (bicyclic) bond motifs is 1. The van der Waals surface area contributed by atoms with Gasteiger partial charge in [0.25, 0.3) is 5.91 Å². The second-order valence-corrected chi connectivity index (χ2v) is 5.61. The highest BCUT2D eigenvalue weighted by molar-refractivity contribution is 7.09. The molecular formula is C14H15N5OS. The summed E-state index contributed by atoms with van der Waals surface area (Å²) in [5, 5.41) is 13.4. The summed E-state index contributed by atoms with van der Waals surface area (Å²) in [6.45, 7) is 2.01. The summed E-state index contributed by atoms with van der Waals surface area (Å²) in [7, 11) is 0. The summed E-state index contributed by atoms with van der Waals surface area (Å²) in [5.41, 5.74) is 7.52. The maximum absolute atomic E-state index is 12.4. The molecule has 6 nitrogen and oxygen atoms in total. The maximum atomic E-state index is 12.4. The van der Waals surface area contributed by atoms with Crippen LogP contribution in [0, 0.1) is 0 Å². The minimum atomic E-state index is -0.228. The number of hydrogen-bond acceptors (Lipinski definition) is 5. The normalized spacial score (nSPS) is 12.4. The van der Waals surface area contributed by atoms with Crippen molar-refractivity contribution < 1.29 is 4.79 Å². The minimum absolute atomic E-state index is 0.106. The fourth-order valence-electron chi connectivity index (χ4n) is 2.18. The van der Waals surface area contributed by atoms with Gasteiger partial charge in [0, 0.05) is 22.7 Å². The Kier molecular flexibility index (Phi) is 3.57. The number of benzene rings is 1. The molecule has 0 saturated carbocycles. The van der Waals surface area contributed by atoms with E-state index in [1.165, 1.54) is 11.3 Å². The number of rotatable bonds is 4. The molecule has 3 aromatic rings. The van der Waals surface area contributed by atoms with Gasteiger partial charge in [-0.2, -0.15) is 5.10 Å². The molecule has 0 radical (unpaired) electrons. The van der Waals surface area contributed by atoms with E-state index >= 15 is 0 Å². The number of aromatic amines is 1. The number of nitrogens with two attached hydrogens (primary N) is 1. The molecule has 0 aliphatic rings. The summed E-state index contributed by atoms with van der Waals surface area (Å²) in [6, 6.07) is 5.22. The van der Waals surface area contributed by atoms with Gasteiger partial charge in [0.05, 0.1) is 11.6 Å². The van der Waals surface area contributed by atoms with Crippen molar-refractivity contribution in [2.24, 2.45) is 0 Å². The smallest absolute Gasteiger partial charge is 0.272 e. The van der Waals surface area contributed by atoms with Gasteiger partial charge >= 0.3 is 0 Å². The number of carbonyl (C=O) groups is 1. The molecule has 4 N–H and O–H groups in total. The SMILES string of the molecule is CCC(NC(=O)c1n[nH]c2ccc(N)cc12)c1nccs1. The first-order valence-corrected chi connectivity index (χ1v) is 7.51. The van der Waals surface area contributed by atoms with E-state index in [2.05, 4.69) is 20.5 Å². The lowest BCUT2D eigenvalue weighted by Crippen LogP contribution is -2.28. The van der Waals surface area contributed by atoms with E-state index in [9.17, 15) is 4.79 Å². The molecule has 2 heterocycles. The van der Waals surface area contributed by atoms with Gasteiger partial charge in [0.15, 0.2) is 5.69 Å². The zero-order valence-corrected chi connectivity index (χ0v) is 12.3. The fraction of sp³-hybridized carbons (Fsp3) is 0.214. The second-order valence-electron chi connectivity index (χ2n) is 4.68. The number of nitrogens with zero attached hydrogens (tertiary/aromatic N) is 2. The van der Waals surface area contributed by atoms with Gasteiger partial charge in [0.1, 0.15) is 5.01 Å². The molecule has 0 aliphatic carbocycles. The minimum Gasteiger partial charge on any atom is -0.399 e. The predicted molar refractivity (Wildman–Crippen MR) is 83.1 cm³/mol. The van der Waals surface area contributed by atoms with Gasteiger partial charge in [-0.05, 0) is 24.6 Å². The highest BCUT2D eigenvalue weighted by atomic mass is 32.1. The molecule has 1 amide bonds. The molecule has 3 rings (SSSR count). The molecule has 0 saturated heterocycles. The van der Waals surface area contributed by atoms with Crippen LogP contribution in [0.15, 0.2) is 29.8 Å². The molecule has 0 fully saturated rings. The molecule has 0 aliphatic heterocycles. The number of hydrogen-bond donors (Lipinski definition) is 3. The Bertz CT molecular complexity index is 765. The second kappa shape index (κ2) is 5.53. The van der Waals surface area contributed by atoms with Crippen molar-refractivity contribution in [3.63, 3.8) is 0 Å². The Labute approximate surface area is 125 Å². The number of nitrogen functional groups attached to an aromatic ring is 1. The van der Waals surface area contributed by atoms with Crippen LogP contribution in [0.4, 0.5) is 5.69 Å². The van der Waals surface area contributed by atoms with Crippen LogP contribution in [0.25, 0.3) is 10.9 Å². The van der Waals surface area contributed by atoms with E-state index in [4.69, 9.17) is 5.73 Å². The van der Waals surface area contributed by atoms with Crippen LogP contribution in [-0.4, -0.2) is 21.1 Å². The number of anilines is 1. The first-order valence-electron chi connectivity index (χ1n) is 6.63. The number of carbonyl (C=O) groups excluding carboxylic acids is 1. The van der Waals surface area contributed by atoms with Crippen molar-refractivity contribution >= 4 is 33.8 Å². The first-order chi connectivity index (χ1) is 10.2. The van der Waals surface area contributed by atoms with Crippen molar-refractivity contribution in [2.45, 2.75) is 19.4 Å². The molecule has 1 unspecified atom stereocenters. The number of H-pyrrole nitrogens is 1. The van der Waals surface area contributed by atoms with E-state index in [1.807, 2.05) is 18.4 Å². The fourth-order valence-corrected chi connectivity index (χ4v) is 2.95. The van der Waals surface area contributed by atoms with E-state index < -0.39 is 0 Å². The molecule has 0 spiro atoms. The lowest BCUT2D eigenvalue weighted by atomic mass is 10.1. The largest absolute Gasteiger partial charge is 0.399 e. The monoisotopic (exact) mass is 301 g/mol. The Morgan fingerprint density at radius 2 is 2.38 bits per heavy atom. The molecule has 0 bridgehead atoms. The van der Waals surface area contributed by atoms with E-state index in [1.54, 1.807) is 18.3 Å². The van der Waals surface area contributed by atoms with Crippen LogP contribution < -0.4 is 11.1 Å². The average Bonchev–Trinajstić information content (AvgIpc) is 3.13. The Morgan fingerprint density at radius 1 is 1.52 bits per heavy atom. The van der Waals surface area contributed by atoms with Crippen molar-refractivity contribution in [1.82, 2.24) is 20.5 Å². The van der Waals surface area contributed by atoms with Crippen LogP contribution in [0.2, 0.25) is 0 Å². The molecule has 7 heteroatoms. The summed E-state index contributed by atoms with van der Waals surface area (Å²) in [6.07, 6.45) is 2.50. The van der Waals surface area contributed by atoms with Crippen molar-refractivity contribution in [3.8, 4) is 0 Å². The highest BCUT2D eigenvalue weighted by Crippen LogP contribution is 2.22. The van der Waals surface area contributed by atoms with Crippen LogP contribution in [0.1, 0.15) is 34.9 Å². The summed E-state index contributed by atoms with van der Waals surface area (Å²) in [5.74, 6) is -0.228. The zero-order chi connectivity index (χ0) is 14.8. The Balaban J connectivity index is 1.88. The number of thiazole rings is 1. The molecule has 1 aromatic carbocycles. The zero-order valence-electron chi connectivity index (χ0n) is 11.5. The van der Waals surface area contributed by atoms with E-state index in [0.29, 0.717) is 11.4 Å². The molecule has 2 aromatic heterocycles. The highest BCUT2D eigenvalue weighted by Gasteiger charge is 2.19. The lowest BCUT2D eigenvalue weighted by molar-refractivity contribution is 0.0932. The van der Waals surface area contributed by atoms with Gasteiger partial charge in [-0.15, -0.1) is 11.3 Å². The Hall–Kier alpha value is -2.41. The first kappa shape index (κ1) is 13.6. The van der Waals surface area contributed by atoms with Crippen LogP contribution in [-0.2, 0) is 0 Å². The average molecular weight is 301 g/mol. The molecule has 1 atom stereocenters. The summed E-state index contributed by atoms with van der Waals surface area (Å²) >= 11 is 1.53. The van der Waals surface area contributed by atoms with Crippen molar-refractivity contribution in [1.29, 1.82) is 0 Å². The van der Waals surface area contributed by atoms with Gasteiger partial charge in [-0.3, -0.25) is 9.89 Å². The third-order valence-electron chi connectivity index (χ3n) is 3.27. The number of aromatic nitrogens is 3. The standard InChI is InChI=1S/C14H15N5OS/c1-2-10(14-16-5-6-21-14)17-13(20)12-9-7-8(15)3-4-11(9)18-19-12/h3-7,10H,2,15H2,1H3,(H,17,20)(H,18,19). The van der Waals surface area contributed by atoms with E-state index in [0.717, 1.165) is 22.3 Å². The lowest BCUT2D eigenvalue weighted by Gasteiger charge is -2.13. The third-order valence-corrected chi connectivity index (χ3v) is 4.15. The van der Waals surface area contributed by atoms with Gasteiger partial charge in [-0.1, -0.05) is 6.92 Å². The van der Waals surface area contributed by atoms with Crippen LogP contribution in [0.3, 0.4) is 0 Å². The topological polar surface area (TPSA) is 96.7 Å². The van der Waals surface area contributed by atoms with E-state index in [-0.39, 0.29) is 11.9 Å². The molecule has 21 heavy (non-hydrogen) atoms. The van der Waals surface area contributed by atoms with Crippen LogP contribution >= 0.6 is 11.3 Å².